The van der Waals surface area contributed by atoms with E-state index in [2.05, 4.69) is 16.0 Å². The molecule has 0 fully saturated rings. The molecule has 15 heavy (non-hydrogen) atoms. The van der Waals surface area contributed by atoms with E-state index in [-0.39, 0.29) is 5.25 Å². The van der Waals surface area contributed by atoms with Gasteiger partial charge in [0, 0.05) is 17.6 Å². The molecule has 80 valence electrons. The van der Waals surface area contributed by atoms with E-state index in [4.69, 9.17) is 11.0 Å². The lowest BCUT2D eigenvalue weighted by atomic mass is 10.00. The van der Waals surface area contributed by atoms with Crippen molar-refractivity contribution in [2.45, 2.75) is 36.1 Å². The molecule has 0 spiro atoms. The zero-order chi connectivity index (χ0) is 11.3. The predicted molar refractivity (Wildman–Crippen MR) is 60.2 cm³/mol. The number of nitrogens with two attached hydrogens (primary N) is 1. The lowest BCUT2D eigenvalue weighted by Gasteiger charge is -2.19. The van der Waals surface area contributed by atoms with E-state index >= 15 is 0 Å². The van der Waals surface area contributed by atoms with E-state index < -0.39 is 5.54 Å². The van der Waals surface area contributed by atoms with Gasteiger partial charge in [-0.2, -0.15) is 5.26 Å². The van der Waals surface area contributed by atoms with Crippen molar-refractivity contribution in [1.82, 2.24) is 9.97 Å². The smallest absolute Gasteiger partial charge is 0.115 e. The Bertz CT molecular complexity index is 344. The minimum Gasteiger partial charge on any atom is -0.314 e. The zero-order valence-corrected chi connectivity index (χ0v) is 9.66. The molecule has 0 saturated carbocycles. The molecule has 1 rings (SSSR count). The summed E-state index contributed by atoms with van der Waals surface area (Å²) < 4.78 is 0. The Balaban J connectivity index is 2.51. The Hall–Kier alpha value is -1.12. The van der Waals surface area contributed by atoms with Gasteiger partial charge in [0.2, 0.25) is 0 Å². The molecule has 0 saturated heterocycles. The van der Waals surface area contributed by atoms with Crippen LogP contribution in [0.5, 0.6) is 0 Å². The number of rotatable bonds is 4. The molecule has 2 atom stereocenters. The van der Waals surface area contributed by atoms with Crippen molar-refractivity contribution in [2.24, 2.45) is 5.73 Å². The number of nitrogens with zero attached hydrogens (tertiary/aromatic N) is 3. The van der Waals surface area contributed by atoms with Gasteiger partial charge >= 0.3 is 0 Å². The highest BCUT2D eigenvalue weighted by atomic mass is 32.2. The third-order valence-electron chi connectivity index (χ3n) is 1.83. The monoisotopic (exact) mass is 222 g/mol. The first-order valence-corrected chi connectivity index (χ1v) is 5.54. The van der Waals surface area contributed by atoms with Crippen LogP contribution in [0.25, 0.3) is 0 Å². The zero-order valence-electron chi connectivity index (χ0n) is 8.84. The molecule has 4 nitrogen and oxygen atoms in total. The number of nitriles is 1. The van der Waals surface area contributed by atoms with Crippen LogP contribution in [0.4, 0.5) is 0 Å². The van der Waals surface area contributed by atoms with Gasteiger partial charge in [-0.15, -0.1) is 11.8 Å². The maximum absolute atomic E-state index is 8.80. The lowest BCUT2D eigenvalue weighted by Crippen LogP contribution is -2.36. The van der Waals surface area contributed by atoms with Gasteiger partial charge in [0.1, 0.15) is 10.6 Å². The number of thioether (sulfide) groups is 1. The second kappa shape index (κ2) is 5.10. The van der Waals surface area contributed by atoms with Crippen LogP contribution in [0.2, 0.25) is 0 Å². The molecule has 1 aromatic heterocycles. The highest BCUT2D eigenvalue weighted by Gasteiger charge is 2.21. The average Bonchev–Trinajstić information content (AvgIpc) is 2.18. The summed E-state index contributed by atoms with van der Waals surface area (Å²) in [5.41, 5.74) is 4.99. The van der Waals surface area contributed by atoms with Crippen LogP contribution in [-0.2, 0) is 0 Å². The van der Waals surface area contributed by atoms with Crippen molar-refractivity contribution in [1.29, 1.82) is 5.26 Å². The maximum Gasteiger partial charge on any atom is 0.115 e. The molecule has 0 aromatic carbocycles. The quantitative estimate of drug-likeness (QED) is 0.783. The topological polar surface area (TPSA) is 75.6 Å². The van der Waals surface area contributed by atoms with Crippen LogP contribution in [0.15, 0.2) is 23.6 Å². The van der Waals surface area contributed by atoms with Crippen LogP contribution < -0.4 is 5.73 Å². The molecule has 1 aromatic rings. The van der Waals surface area contributed by atoms with Crippen molar-refractivity contribution in [3.8, 4) is 6.07 Å². The summed E-state index contributed by atoms with van der Waals surface area (Å²) in [7, 11) is 0. The fraction of sp³-hybridized carbons (Fsp3) is 0.500. The normalized spacial score (nSPS) is 16.4. The summed E-state index contributed by atoms with van der Waals surface area (Å²) in [6.07, 6.45) is 5.63. The summed E-state index contributed by atoms with van der Waals surface area (Å²) in [6.45, 7) is 3.77. The van der Waals surface area contributed by atoms with Crippen molar-refractivity contribution >= 4 is 11.8 Å². The van der Waals surface area contributed by atoms with Crippen molar-refractivity contribution < 1.29 is 0 Å². The number of hydrogen-bond donors (Lipinski definition) is 1. The number of aromatic nitrogens is 2. The van der Waals surface area contributed by atoms with Gasteiger partial charge in [-0.05, 0) is 13.3 Å². The Morgan fingerprint density at radius 2 is 2.40 bits per heavy atom. The summed E-state index contributed by atoms with van der Waals surface area (Å²) in [6, 6.07) is 2.09. The third kappa shape index (κ3) is 4.28. The standard InChI is InChI=1S/C10H14N4S/c1-8(5-10(2,12)7-11)15-9-6-13-3-4-14-9/h3-4,6,8H,5,12H2,1-2H3. The molecule has 0 aliphatic heterocycles. The molecule has 5 heteroatoms. The minimum absolute atomic E-state index is 0.247. The molecule has 1 heterocycles. The van der Waals surface area contributed by atoms with Crippen molar-refractivity contribution in [2.75, 3.05) is 0 Å². The Labute approximate surface area is 93.9 Å². The first-order chi connectivity index (χ1) is 7.03. The first kappa shape index (κ1) is 12.0. The van der Waals surface area contributed by atoms with Crippen LogP contribution in [0.3, 0.4) is 0 Å². The van der Waals surface area contributed by atoms with E-state index in [9.17, 15) is 0 Å². The summed E-state index contributed by atoms with van der Waals surface area (Å²) in [4.78, 5) is 8.13. The average molecular weight is 222 g/mol. The molecule has 2 N–H and O–H groups in total. The second-order valence-corrected chi connectivity index (χ2v) is 5.16. The van der Waals surface area contributed by atoms with Gasteiger partial charge in [-0.25, -0.2) is 4.98 Å². The van der Waals surface area contributed by atoms with E-state index in [0.717, 1.165) is 5.03 Å². The van der Waals surface area contributed by atoms with Crippen LogP contribution in [0.1, 0.15) is 20.3 Å². The summed E-state index contributed by atoms with van der Waals surface area (Å²) in [5, 5.41) is 9.90. The van der Waals surface area contributed by atoms with Crippen LogP contribution in [0, 0.1) is 11.3 Å². The van der Waals surface area contributed by atoms with Gasteiger partial charge in [0.25, 0.3) is 0 Å². The second-order valence-electron chi connectivity index (χ2n) is 3.71. The maximum atomic E-state index is 8.80. The predicted octanol–water partition coefficient (Wildman–Crippen LogP) is 1.59. The SMILES string of the molecule is CC(CC(C)(N)C#N)Sc1cnccn1. The van der Waals surface area contributed by atoms with Gasteiger partial charge in [-0.3, -0.25) is 4.98 Å². The highest BCUT2D eigenvalue weighted by molar-refractivity contribution is 7.99. The summed E-state index contributed by atoms with van der Waals surface area (Å²) in [5.74, 6) is 0. The minimum atomic E-state index is -0.769. The van der Waals surface area contributed by atoms with Crippen LogP contribution in [-0.4, -0.2) is 20.8 Å². The van der Waals surface area contributed by atoms with Gasteiger partial charge in [0.15, 0.2) is 0 Å². The molecule has 2 unspecified atom stereocenters. The Morgan fingerprint density at radius 3 is 2.93 bits per heavy atom. The number of hydrogen-bond acceptors (Lipinski definition) is 5. The van der Waals surface area contributed by atoms with Crippen molar-refractivity contribution in [3.63, 3.8) is 0 Å². The largest absolute Gasteiger partial charge is 0.314 e. The lowest BCUT2D eigenvalue weighted by molar-refractivity contribution is 0.545. The molecule has 0 amide bonds. The molecule has 0 bridgehead atoms. The van der Waals surface area contributed by atoms with Gasteiger partial charge in [0.05, 0.1) is 12.3 Å². The molecular formula is C10H14N4S. The van der Waals surface area contributed by atoms with Gasteiger partial charge < -0.3 is 5.73 Å². The molecule has 0 aliphatic carbocycles. The van der Waals surface area contributed by atoms with Crippen LogP contribution >= 0.6 is 11.8 Å². The van der Waals surface area contributed by atoms with E-state index in [1.54, 1.807) is 37.3 Å². The Morgan fingerprint density at radius 1 is 1.67 bits per heavy atom. The fourth-order valence-corrected chi connectivity index (χ4v) is 2.32. The molecule has 0 aliphatic rings. The van der Waals surface area contributed by atoms with E-state index in [0.29, 0.717) is 6.42 Å². The summed E-state index contributed by atoms with van der Waals surface area (Å²) >= 11 is 1.58. The van der Waals surface area contributed by atoms with Gasteiger partial charge in [-0.1, -0.05) is 6.92 Å². The van der Waals surface area contributed by atoms with Crippen molar-refractivity contribution in [3.05, 3.63) is 18.6 Å². The third-order valence-corrected chi connectivity index (χ3v) is 2.85. The van der Waals surface area contributed by atoms with E-state index in [1.165, 1.54) is 0 Å². The molecule has 0 radical (unpaired) electrons. The highest BCUT2D eigenvalue weighted by Crippen LogP contribution is 2.25. The van der Waals surface area contributed by atoms with E-state index in [1.807, 2.05) is 6.92 Å². The fourth-order valence-electron chi connectivity index (χ4n) is 1.24. The Kier molecular flexibility index (Phi) is 4.06. The first-order valence-electron chi connectivity index (χ1n) is 4.66. The molecular weight excluding hydrogens is 208 g/mol.